The van der Waals surface area contributed by atoms with Crippen molar-refractivity contribution < 1.29 is 14.7 Å². The molecule has 0 aliphatic carbocycles. The summed E-state index contributed by atoms with van der Waals surface area (Å²) in [5.74, 6) is -1.22. The number of carbonyl (C=O) groups is 2. The van der Waals surface area contributed by atoms with Gasteiger partial charge in [-0.25, -0.2) is 14.8 Å². The number of anilines is 1. The maximum absolute atomic E-state index is 12.6. The summed E-state index contributed by atoms with van der Waals surface area (Å²) in [6.45, 7) is 0.532. The number of aliphatic carboxylic acids is 1. The lowest BCUT2D eigenvalue weighted by molar-refractivity contribution is -0.148. The Labute approximate surface area is 166 Å². The van der Waals surface area contributed by atoms with Gasteiger partial charge in [-0.1, -0.05) is 23.7 Å². The number of halogens is 1. The van der Waals surface area contributed by atoms with Gasteiger partial charge in [0.05, 0.1) is 6.54 Å². The topological polar surface area (TPSA) is 110 Å². The van der Waals surface area contributed by atoms with Gasteiger partial charge < -0.3 is 14.9 Å². The number of carboxylic acid groups (broad SMARTS) is 1. The van der Waals surface area contributed by atoms with E-state index in [4.69, 9.17) is 11.6 Å². The summed E-state index contributed by atoms with van der Waals surface area (Å²) in [5, 5.41) is 19.3. The third-order valence-corrected chi connectivity index (χ3v) is 4.53. The van der Waals surface area contributed by atoms with Crippen molar-refractivity contribution in [3.63, 3.8) is 0 Å². The minimum Gasteiger partial charge on any atom is -0.480 e. The van der Waals surface area contributed by atoms with Crippen molar-refractivity contribution in [2.75, 3.05) is 24.5 Å². The van der Waals surface area contributed by atoms with Crippen molar-refractivity contribution in [3.8, 4) is 6.07 Å². The molecule has 1 unspecified atom stereocenters. The van der Waals surface area contributed by atoms with E-state index < -0.39 is 17.9 Å². The zero-order valence-corrected chi connectivity index (χ0v) is 15.5. The number of piperazine rings is 1. The average Bonchev–Trinajstić information content (AvgIpc) is 2.71. The van der Waals surface area contributed by atoms with Crippen LogP contribution < -0.4 is 4.90 Å². The lowest BCUT2D eigenvalue weighted by Gasteiger charge is -2.39. The Bertz CT molecular complexity index is 972. The number of nitrogens with zero attached hydrogens (tertiary/aromatic N) is 5. The number of carbonyl (C=O) groups excluding carboxylic acids is 1. The molecule has 8 nitrogen and oxygen atoms in total. The van der Waals surface area contributed by atoms with Gasteiger partial charge in [0.15, 0.2) is 11.5 Å². The Morgan fingerprint density at radius 3 is 2.79 bits per heavy atom. The summed E-state index contributed by atoms with van der Waals surface area (Å²) in [4.78, 5) is 35.4. The molecule has 1 saturated heterocycles. The van der Waals surface area contributed by atoms with Crippen LogP contribution >= 0.6 is 11.6 Å². The number of rotatable bonds is 4. The summed E-state index contributed by atoms with van der Waals surface area (Å²) in [6.07, 6.45) is 5.77. The maximum Gasteiger partial charge on any atom is 0.328 e. The van der Waals surface area contributed by atoms with Crippen molar-refractivity contribution in [1.82, 2.24) is 14.9 Å². The smallest absolute Gasteiger partial charge is 0.328 e. The molecule has 142 valence electrons. The molecule has 1 aromatic heterocycles. The summed E-state index contributed by atoms with van der Waals surface area (Å²) in [6, 6.07) is 7.86. The van der Waals surface area contributed by atoms with Gasteiger partial charge in [0.25, 0.3) is 0 Å². The lowest BCUT2D eigenvalue weighted by Crippen LogP contribution is -2.58. The molecule has 0 bridgehead atoms. The SMILES string of the molecule is N#Cc1nccnc1N1CCN(C(=O)C=Cc2cccc(Cl)c2)C(C(=O)O)C1. The highest BCUT2D eigenvalue weighted by atomic mass is 35.5. The van der Waals surface area contributed by atoms with E-state index in [0.29, 0.717) is 17.4 Å². The summed E-state index contributed by atoms with van der Waals surface area (Å²) < 4.78 is 0. The van der Waals surface area contributed by atoms with E-state index in [1.165, 1.54) is 23.4 Å². The molecule has 1 aliphatic rings. The Morgan fingerprint density at radius 1 is 1.29 bits per heavy atom. The number of amides is 1. The molecule has 9 heteroatoms. The van der Waals surface area contributed by atoms with Crippen LogP contribution in [0.1, 0.15) is 11.3 Å². The van der Waals surface area contributed by atoms with Crippen molar-refractivity contribution in [2.24, 2.45) is 0 Å². The summed E-state index contributed by atoms with van der Waals surface area (Å²) >= 11 is 5.93. The molecular weight excluding hydrogens is 382 g/mol. The fourth-order valence-electron chi connectivity index (χ4n) is 2.96. The van der Waals surface area contributed by atoms with Crippen LogP contribution in [0.4, 0.5) is 5.82 Å². The number of carboxylic acids is 1. The second-order valence-corrected chi connectivity index (χ2v) is 6.50. The van der Waals surface area contributed by atoms with Gasteiger partial charge in [-0.3, -0.25) is 4.79 Å². The first-order chi connectivity index (χ1) is 13.5. The highest BCUT2D eigenvalue weighted by Crippen LogP contribution is 2.20. The third kappa shape index (κ3) is 4.27. The highest BCUT2D eigenvalue weighted by Gasteiger charge is 2.35. The number of benzene rings is 1. The van der Waals surface area contributed by atoms with E-state index in [9.17, 15) is 20.0 Å². The standard InChI is InChI=1S/C19H16ClN5O3/c20-14-3-1-2-13(10-14)4-5-17(26)25-9-8-24(12-16(25)19(27)28)18-15(11-21)22-6-7-23-18/h1-7,10,16H,8-9,12H2,(H,27,28). The molecule has 2 heterocycles. The van der Waals surface area contributed by atoms with Crippen LogP contribution in [-0.2, 0) is 9.59 Å². The molecule has 0 radical (unpaired) electrons. The van der Waals surface area contributed by atoms with E-state index in [0.717, 1.165) is 5.56 Å². The van der Waals surface area contributed by atoms with E-state index >= 15 is 0 Å². The molecule has 0 spiro atoms. The van der Waals surface area contributed by atoms with Gasteiger partial charge in [0.2, 0.25) is 5.91 Å². The van der Waals surface area contributed by atoms with Crippen molar-refractivity contribution in [1.29, 1.82) is 5.26 Å². The zero-order valence-electron chi connectivity index (χ0n) is 14.7. The molecule has 1 aromatic carbocycles. The minimum atomic E-state index is -1.13. The van der Waals surface area contributed by atoms with Crippen LogP contribution in [0.2, 0.25) is 5.02 Å². The number of hydrogen-bond donors (Lipinski definition) is 1. The Balaban J connectivity index is 1.77. The Kier molecular flexibility index (Phi) is 5.87. The van der Waals surface area contributed by atoms with Crippen LogP contribution in [0, 0.1) is 11.3 Å². The molecule has 3 rings (SSSR count). The van der Waals surface area contributed by atoms with Gasteiger partial charge in [-0.05, 0) is 23.8 Å². The van der Waals surface area contributed by atoms with Crippen molar-refractivity contribution in [3.05, 3.63) is 59.0 Å². The number of hydrogen-bond acceptors (Lipinski definition) is 6. The first-order valence-corrected chi connectivity index (χ1v) is 8.80. The van der Waals surface area contributed by atoms with Gasteiger partial charge >= 0.3 is 5.97 Å². The number of aromatic nitrogens is 2. The average molecular weight is 398 g/mol. The van der Waals surface area contributed by atoms with Crippen LogP contribution in [0.15, 0.2) is 42.7 Å². The first-order valence-electron chi connectivity index (χ1n) is 8.42. The predicted molar refractivity (Wildman–Crippen MR) is 103 cm³/mol. The molecule has 2 aromatic rings. The van der Waals surface area contributed by atoms with Crippen LogP contribution in [0.3, 0.4) is 0 Å². The van der Waals surface area contributed by atoms with Crippen LogP contribution in [0.25, 0.3) is 6.08 Å². The molecule has 28 heavy (non-hydrogen) atoms. The zero-order chi connectivity index (χ0) is 20.1. The summed E-state index contributed by atoms with van der Waals surface area (Å²) in [7, 11) is 0. The molecule has 1 atom stereocenters. The summed E-state index contributed by atoms with van der Waals surface area (Å²) in [5.41, 5.74) is 0.858. The predicted octanol–water partition coefficient (Wildman–Crippen LogP) is 1.82. The van der Waals surface area contributed by atoms with E-state index in [1.54, 1.807) is 35.2 Å². The largest absolute Gasteiger partial charge is 0.480 e. The quantitative estimate of drug-likeness (QED) is 0.783. The molecule has 1 N–H and O–H groups in total. The molecular formula is C19H16ClN5O3. The first kappa shape index (κ1) is 19.3. The van der Waals surface area contributed by atoms with E-state index in [2.05, 4.69) is 9.97 Å². The second-order valence-electron chi connectivity index (χ2n) is 6.06. The fourth-order valence-corrected chi connectivity index (χ4v) is 3.16. The number of nitriles is 1. The Hall–Kier alpha value is -3.44. The van der Waals surface area contributed by atoms with E-state index in [1.807, 2.05) is 6.07 Å². The van der Waals surface area contributed by atoms with Crippen molar-refractivity contribution >= 4 is 35.4 Å². The fraction of sp³-hybridized carbons (Fsp3) is 0.211. The molecule has 0 saturated carbocycles. The molecule has 1 aliphatic heterocycles. The van der Waals surface area contributed by atoms with Gasteiger partial charge in [0.1, 0.15) is 12.1 Å². The van der Waals surface area contributed by atoms with Crippen molar-refractivity contribution in [2.45, 2.75) is 6.04 Å². The van der Waals surface area contributed by atoms with Crippen LogP contribution in [0.5, 0.6) is 0 Å². The van der Waals surface area contributed by atoms with Gasteiger partial charge in [-0.15, -0.1) is 0 Å². The monoisotopic (exact) mass is 397 g/mol. The van der Waals surface area contributed by atoms with Crippen LogP contribution in [-0.4, -0.2) is 57.5 Å². The third-order valence-electron chi connectivity index (χ3n) is 4.30. The minimum absolute atomic E-state index is 0.0133. The Morgan fingerprint density at radius 2 is 2.07 bits per heavy atom. The van der Waals surface area contributed by atoms with Gasteiger partial charge in [0, 0.05) is 36.6 Å². The molecule has 1 fully saturated rings. The normalized spacial score (nSPS) is 16.8. The van der Waals surface area contributed by atoms with Gasteiger partial charge in [-0.2, -0.15) is 5.26 Å². The lowest BCUT2D eigenvalue weighted by atomic mass is 10.1. The second kappa shape index (κ2) is 8.50. The molecule has 1 amide bonds. The maximum atomic E-state index is 12.6. The van der Waals surface area contributed by atoms with E-state index in [-0.39, 0.29) is 18.8 Å². The highest BCUT2D eigenvalue weighted by molar-refractivity contribution is 6.30.